The van der Waals surface area contributed by atoms with Gasteiger partial charge in [0.15, 0.2) is 0 Å². The van der Waals surface area contributed by atoms with Gasteiger partial charge in [-0.2, -0.15) is 0 Å². The number of hydrogen-bond acceptors (Lipinski definition) is 6. The molecule has 0 aromatic carbocycles. The second-order valence-electron chi connectivity index (χ2n) is 16.0. The quantitative estimate of drug-likeness (QED) is 0.0278. The molecular formula is C45H85N2O6P. The zero-order valence-corrected chi connectivity index (χ0v) is 36.6. The van der Waals surface area contributed by atoms with Crippen LogP contribution >= 0.6 is 7.82 Å². The molecule has 0 rings (SSSR count). The van der Waals surface area contributed by atoms with E-state index in [4.69, 9.17) is 9.05 Å². The Labute approximate surface area is 333 Å². The predicted molar refractivity (Wildman–Crippen MR) is 228 cm³/mol. The lowest BCUT2D eigenvalue weighted by Gasteiger charge is -2.30. The number of rotatable bonds is 39. The van der Waals surface area contributed by atoms with Crippen LogP contribution in [0.5, 0.6) is 0 Å². The van der Waals surface area contributed by atoms with Crippen molar-refractivity contribution >= 4 is 13.7 Å². The van der Waals surface area contributed by atoms with Crippen molar-refractivity contribution in [3.8, 4) is 0 Å². The number of carbonyl (C=O) groups is 1. The molecule has 1 amide bonds. The van der Waals surface area contributed by atoms with E-state index in [9.17, 15) is 19.4 Å². The Morgan fingerprint density at radius 2 is 1.13 bits per heavy atom. The van der Waals surface area contributed by atoms with Crippen LogP contribution in [0, 0.1) is 0 Å². The van der Waals surface area contributed by atoms with Crippen molar-refractivity contribution < 1.29 is 32.9 Å². The summed E-state index contributed by atoms with van der Waals surface area (Å²) in [5, 5.41) is 13.5. The first-order valence-electron chi connectivity index (χ1n) is 22.0. The van der Waals surface area contributed by atoms with E-state index in [0.717, 1.165) is 64.2 Å². The molecule has 3 atom stereocenters. The molecule has 9 heteroatoms. The molecule has 0 saturated heterocycles. The number of nitrogens with zero attached hydrogens (tertiary/aromatic N) is 1. The molecular weight excluding hydrogens is 695 g/mol. The van der Waals surface area contributed by atoms with Gasteiger partial charge in [0.05, 0.1) is 39.9 Å². The average Bonchev–Trinajstić information content (AvgIpc) is 3.12. The molecule has 0 aliphatic carbocycles. The van der Waals surface area contributed by atoms with Crippen LogP contribution in [0.3, 0.4) is 0 Å². The van der Waals surface area contributed by atoms with Crippen LogP contribution in [-0.2, 0) is 18.4 Å². The van der Waals surface area contributed by atoms with E-state index in [-0.39, 0.29) is 19.1 Å². The Bertz CT molecular complexity index is 1020. The van der Waals surface area contributed by atoms with Gasteiger partial charge in [-0.25, -0.2) is 0 Å². The van der Waals surface area contributed by atoms with Crippen LogP contribution in [0.25, 0.3) is 0 Å². The van der Waals surface area contributed by atoms with Gasteiger partial charge in [-0.05, 0) is 51.4 Å². The molecule has 316 valence electrons. The summed E-state index contributed by atoms with van der Waals surface area (Å²) in [5.41, 5.74) is 0. The summed E-state index contributed by atoms with van der Waals surface area (Å²) in [6.07, 6.45) is 46.5. The molecule has 0 radical (unpaired) electrons. The monoisotopic (exact) mass is 781 g/mol. The van der Waals surface area contributed by atoms with E-state index < -0.39 is 20.0 Å². The van der Waals surface area contributed by atoms with Gasteiger partial charge < -0.3 is 28.8 Å². The van der Waals surface area contributed by atoms with Crippen LogP contribution in [0.15, 0.2) is 48.6 Å². The van der Waals surface area contributed by atoms with Gasteiger partial charge in [0.25, 0.3) is 7.82 Å². The van der Waals surface area contributed by atoms with Crippen molar-refractivity contribution in [3.63, 3.8) is 0 Å². The van der Waals surface area contributed by atoms with E-state index in [2.05, 4.69) is 67.8 Å². The first kappa shape index (κ1) is 52.5. The van der Waals surface area contributed by atoms with Crippen LogP contribution in [0.1, 0.15) is 181 Å². The maximum absolute atomic E-state index is 12.7. The summed E-state index contributed by atoms with van der Waals surface area (Å²) >= 11 is 0. The number of phosphoric ester groups is 1. The highest BCUT2D eigenvalue weighted by molar-refractivity contribution is 7.45. The summed E-state index contributed by atoms with van der Waals surface area (Å²) in [4.78, 5) is 25.0. The molecule has 0 fully saturated rings. The van der Waals surface area contributed by atoms with E-state index in [1.54, 1.807) is 0 Å². The van der Waals surface area contributed by atoms with Crippen molar-refractivity contribution in [3.05, 3.63) is 48.6 Å². The number of unbranched alkanes of at least 4 members (excludes halogenated alkanes) is 18. The number of quaternary nitrogens is 1. The molecule has 0 aromatic rings. The van der Waals surface area contributed by atoms with Crippen molar-refractivity contribution in [1.29, 1.82) is 0 Å². The van der Waals surface area contributed by atoms with Crippen LogP contribution < -0.4 is 10.2 Å². The summed E-state index contributed by atoms with van der Waals surface area (Å²) < 4.78 is 22.9. The minimum Gasteiger partial charge on any atom is -0.756 e. The van der Waals surface area contributed by atoms with Crippen molar-refractivity contribution in [2.45, 2.75) is 193 Å². The normalized spacial score (nSPS) is 14.9. The Kier molecular flexibility index (Phi) is 36.0. The third-order valence-corrected chi connectivity index (χ3v) is 10.5. The second kappa shape index (κ2) is 37.1. The molecule has 3 unspecified atom stereocenters. The lowest BCUT2D eigenvalue weighted by atomic mass is 10.0. The van der Waals surface area contributed by atoms with E-state index in [1.807, 2.05) is 21.1 Å². The third kappa shape index (κ3) is 38.7. The molecule has 8 nitrogen and oxygen atoms in total. The van der Waals surface area contributed by atoms with E-state index >= 15 is 0 Å². The SMILES string of the molecule is CC/C=C\C/C=C\C/C=C\C/C=C\CCCCCCCCCCCCCCCCCCC(=O)NC(COP(=O)([O-])OCC[N+](C)(C)C)C(O)CCCCC. The topological polar surface area (TPSA) is 108 Å². The van der Waals surface area contributed by atoms with Crippen LogP contribution in [-0.4, -0.2) is 68.5 Å². The zero-order chi connectivity index (χ0) is 40.0. The third-order valence-electron chi connectivity index (χ3n) is 9.58. The number of nitrogens with one attached hydrogen (secondary N) is 1. The lowest BCUT2D eigenvalue weighted by molar-refractivity contribution is -0.870. The number of carbonyl (C=O) groups excluding carboxylic acids is 1. The Balaban J connectivity index is 3.81. The summed E-state index contributed by atoms with van der Waals surface area (Å²) in [6, 6.07) is -0.795. The number of aliphatic hydroxyl groups excluding tert-OH is 1. The summed E-state index contributed by atoms with van der Waals surface area (Å²) in [7, 11) is 1.29. The largest absolute Gasteiger partial charge is 0.756 e. The number of amides is 1. The van der Waals surface area contributed by atoms with Gasteiger partial charge >= 0.3 is 0 Å². The number of hydrogen-bond donors (Lipinski definition) is 2. The molecule has 0 bridgehead atoms. The fourth-order valence-corrected chi connectivity index (χ4v) is 6.81. The minimum atomic E-state index is -4.54. The first-order valence-corrected chi connectivity index (χ1v) is 23.4. The van der Waals surface area contributed by atoms with Gasteiger partial charge in [-0.3, -0.25) is 9.36 Å². The highest BCUT2D eigenvalue weighted by Gasteiger charge is 2.24. The predicted octanol–water partition coefficient (Wildman–Crippen LogP) is 11.4. The molecule has 2 N–H and O–H groups in total. The summed E-state index contributed by atoms with van der Waals surface area (Å²) in [5.74, 6) is -0.178. The number of aliphatic hydroxyl groups is 1. The lowest BCUT2D eigenvalue weighted by Crippen LogP contribution is -2.46. The molecule has 0 aliphatic rings. The fourth-order valence-electron chi connectivity index (χ4n) is 6.09. The van der Waals surface area contributed by atoms with Crippen molar-refractivity contribution in [2.75, 3.05) is 40.9 Å². The standard InChI is InChI=1S/C45H85N2O6P/c1-6-8-10-11-12-13-14-15-16-17-18-19-20-21-22-23-24-25-26-27-28-29-30-31-32-33-34-35-37-39-45(49)46-43(44(48)38-36-9-7-2)42-53-54(50,51)52-41-40-47(3,4)5/h8,10,12-13,15-16,18-19,43-44,48H,6-7,9,11,14,17,20-42H2,1-5H3,(H-,46,49,50,51)/b10-8-,13-12-,16-15-,19-18-. The fraction of sp³-hybridized carbons (Fsp3) is 0.800. The molecule has 0 saturated carbocycles. The molecule has 54 heavy (non-hydrogen) atoms. The molecule has 0 aliphatic heterocycles. The van der Waals surface area contributed by atoms with Crippen molar-refractivity contribution in [1.82, 2.24) is 5.32 Å². The Morgan fingerprint density at radius 1 is 0.667 bits per heavy atom. The second-order valence-corrected chi connectivity index (χ2v) is 17.4. The first-order chi connectivity index (χ1) is 26.0. The van der Waals surface area contributed by atoms with Gasteiger partial charge in [-0.1, -0.05) is 172 Å². The molecule has 0 aromatic heterocycles. The maximum Gasteiger partial charge on any atom is 0.268 e. The number of phosphoric acid groups is 1. The highest BCUT2D eigenvalue weighted by Crippen LogP contribution is 2.38. The Hall–Kier alpha value is -1.54. The van der Waals surface area contributed by atoms with Crippen LogP contribution in [0.2, 0.25) is 0 Å². The summed E-state index contributed by atoms with van der Waals surface area (Å²) in [6.45, 7) is 4.43. The Morgan fingerprint density at radius 3 is 1.61 bits per heavy atom. The van der Waals surface area contributed by atoms with Gasteiger partial charge in [0.1, 0.15) is 13.2 Å². The number of allylic oxidation sites excluding steroid dienone is 8. The van der Waals surface area contributed by atoms with E-state index in [0.29, 0.717) is 23.9 Å². The van der Waals surface area contributed by atoms with Gasteiger partial charge in [-0.15, -0.1) is 0 Å². The van der Waals surface area contributed by atoms with Crippen molar-refractivity contribution in [2.24, 2.45) is 0 Å². The van der Waals surface area contributed by atoms with Crippen LogP contribution in [0.4, 0.5) is 0 Å². The number of likely N-dealkylation sites (N-methyl/N-ethyl adjacent to an activating group) is 1. The average molecular weight is 781 g/mol. The maximum atomic E-state index is 12.7. The van der Waals surface area contributed by atoms with Gasteiger partial charge in [0, 0.05) is 6.42 Å². The zero-order valence-electron chi connectivity index (χ0n) is 35.7. The highest BCUT2D eigenvalue weighted by atomic mass is 31.2. The van der Waals surface area contributed by atoms with E-state index in [1.165, 1.54) is 89.9 Å². The smallest absolute Gasteiger partial charge is 0.268 e. The molecule has 0 spiro atoms. The molecule has 0 heterocycles. The van der Waals surface area contributed by atoms with Gasteiger partial charge in [0.2, 0.25) is 5.91 Å². The minimum absolute atomic E-state index is 0.00987.